The Labute approximate surface area is 122 Å². The maximum atomic E-state index is 12.2. The van der Waals surface area contributed by atoms with Crippen molar-refractivity contribution >= 4 is 17.3 Å². The molecule has 0 spiro atoms. The third kappa shape index (κ3) is 3.25. The average Bonchev–Trinajstić information content (AvgIpc) is 2.47. The molecule has 5 nitrogen and oxygen atoms in total. The molecule has 0 saturated heterocycles. The Morgan fingerprint density at radius 3 is 2.62 bits per heavy atom. The summed E-state index contributed by atoms with van der Waals surface area (Å²) in [5.41, 5.74) is 2.51. The molecule has 0 aliphatic heterocycles. The number of hydrogen-bond donors (Lipinski definition) is 1. The molecule has 0 radical (unpaired) electrons. The zero-order valence-corrected chi connectivity index (χ0v) is 11.9. The summed E-state index contributed by atoms with van der Waals surface area (Å²) in [6.07, 6.45) is 0.796. The quantitative estimate of drug-likeness (QED) is 0.687. The van der Waals surface area contributed by atoms with Crippen LogP contribution in [-0.2, 0) is 6.42 Å². The van der Waals surface area contributed by atoms with Crippen molar-refractivity contribution < 1.29 is 9.72 Å². The van der Waals surface area contributed by atoms with Crippen molar-refractivity contribution in [2.24, 2.45) is 0 Å². The van der Waals surface area contributed by atoms with Crippen LogP contribution >= 0.6 is 0 Å². The monoisotopic (exact) mass is 284 g/mol. The predicted molar refractivity (Wildman–Crippen MR) is 81.6 cm³/mol. The Kier molecular flexibility index (Phi) is 4.33. The van der Waals surface area contributed by atoms with Crippen LogP contribution in [0.4, 0.5) is 11.4 Å². The Bertz CT molecular complexity index is 696. The molecule has 0 heterocycles. The first-order chi connectivity index (χ1) is 10.0. The fourth-order valence-corrected chi connectivity index (χ4v) is 2.09. The van der Waals surface area contributed by atoms with Crippen LogP contribution in [-0.4, -0.2) is 10.8 Å². The minimum Gasteiger partial charge on any atom is -0.322 e. The lowest BCUT2D eigenvalue weighted by Gasteiger charge is -2.10. The van der Waals surface area contributed by atoms with Gasteiger partial charge in [-0.05, 0) is 31.0 Å². The minimum atomic E-state index is -0.480. The maximum absolute atomic E-state index is 12.2. The predicted octanol–water partition coefficient (Wildman–Crippen LogP) is 3.72. The van der Waals surface area contributed by atoms with Crippen molar-refractivity contribution in [3.05, 3.63) is 69.3 Å². The number of nitrogens with zero attached hydrogens (tertiary/aromatic N) is 1. The fourth-order valence-electron chi connectivity index (χ4n) is 2.09. The van der Waals surface area contributed by atoms with Gasteiger partial charge in [0.2, 0.25) is 0 Å². The number of nitro benzene ring substituents is 1. The van der Waals surface area contributed by atoms with E-state index in [1.165, 1.54) is 6.07 Å². The highest BCUT2D eigenvalue weighted by Gasteiger charge is 2.15. The zero-order valence-electron chi connectivity index (χ0n) is 11.9. The van der Waals surface area contributed by atoms with Gasteiger partial charge in [0, 0.05) is 22.9 Å². The topological polar surface area (TPSA) is 72.2 Å². The van der Waals surface area contributed by atoms with Crippen molar-refractivity contribution in [1.82, 2.24) is 0 Å². The number of benzene rings is 2. The van der Waals surface area contributed by atoms with Crippen molar-refractivity contribution in [2.75, 3.05) is 5.32 Å². The molecule has 0 aliphatic carbocycles. The number of rotatable bonds is 4. The lowest BCUT2D eigenvalue weighted by Crippen LogP contribution is -2.13. The van der Waals surface area contributed by atoms with Gasteiger partial charge in [0.25, 0.3) is 11.6 Å². The largest absolute Gasteiger partial charge is 0.322 e. The highest BCUT2D eigenvalue weighted by Crippen LogP contribution is 2.21. The van der Waals surface area contributed by atoms with Crippen molar-refractivity contribution in [2.45, 2.75) is 20.3 Å². The smallest absolute Gasteiger partial charge is 0.273 e. The molecule has 1 N–H and O–H groups in total. The molecule has 0 aromatic heterocycles. The van der Waals surface area contributed by atoms with E-state index in [2.05, 4.69) is 5.32 Å². The fraction of sp³-hybridized carbons (Fsp3) is 0.188. The molecule has 108 valence electrons. The van der Waals surface area contributed by atoms with Crippen LogP contribution < -0.4 is 5.32 Å². The number of hydrogen-bond acceptors (Lipinski definition) is 3. The van der Waals surface area contributed by atoms with Crippen LogP contribution in [0.3, 0.4) is 0 Å². The summed E-state index contributed by atoms with van der Waals surface area (Å²) in [7, 11) is 0. The third-order valence-corrected chi connectivity index (χ3v) is 3.31. The molecule has 0 atom stereocenters. The first kappa shape index (κ1) is 14.7. The van der Waals surface area contributed by atoms with E-state index in [1.807, 2.05) is 31.2 Å². The first-order valence-electron chi connectivity index (χ1n) is 6.67. The van der Waals surface area contributed by atoms with Gasteiger partial charge in [-0.3, -0.25) is 14.9 Å². The summed E-state index contributed by atoms with van der Waals surface area (Å²) in [6.45, 7) is 3.65. The van der Waals surface area contributed by atoms with Gasteiger partial charge >= 0.3 is 0 Å². The SMILES string of the molecule is CCc1ccccc1NC(=O)c1ccc(C)c([N+](=O)[O-])c1. The van der Waals surface area contributed by atoms with Crippen LogP contribution in [0.25, 0.3) is 0 Å². The summed E-state index contributed by atoms with van der Waals surface area (Å²) >= 11 is 0. The van der Waals surface area contributed by atoms with E-state index < -0.39 is 4.92 Å². The highest BCUT2D eigenvalue weighted by atomic mass is 16.6. The second-order valence-electron chi connectivity index (χ2n) is 4.72. The van der Waals surface area contributed by atoms with Gasteiger partial charge in [-0.2, -0.15) is 0 Å². The van der Waals surface area contributed by atoms with E-state index in [0.29, 0.717) is 5.56 Å². The molecule has 5 heteroatoms. The number of carbonyl (C=O) groups excluding carboxylic acids is 1. The third-order valence-electron chi connectivity index (χ3n) is 3.31. The van der Waals surface area contributed by atoms with Crippen LogP contribution in [0.1, 0.15) is 28.4 Å². The van der Waals surface area contributed by atoms with E-state index in [9.17, 15) is 14.9 Å². The van der Waals surface area contributed by atoms with E-state index in [1.54, 1.807) is 19.1 Å². The summed E-state index contributed by atoms with van der Waals surface area (Å²) in [5, 5.41) is 13.7. The zero-order chi connectivity index (χ0) is 15.4. The lowest BCUT2D eigenvalue weighted by molar-refractivity contribution is -0.385. The Balaban J connectivity index is 2.29. The Morgan fingerprint density at radius 2 is 1.95 bits per heavy atom. The second-order valence-corrected chi connectivity index (χ2v) is 4.72. The van der Waals surface area contributed by atoms with Crippen molar-refractivity contribution in [3.63, 3.8) is 0 Å². The maximum Gasteiger partial charge on any atom is 0.273 e. The van der Waals surface area contributed by atoms with Gasteiger partial charge in [-0.15, -0.1) is 0 Å². The van der Waals surface area contributed by atoms with Crippen molar-refractivity contribution in [3.8, 4) is 0 Å². The van der Waals surface area contributed by atoms with E-state index in [4.69, 9.17) is 0 Å². The molecule has 0 fully saturated rings. The summed E-state index contributed by atoms with van der Waals surface area (Å²) in [5.74, 6) is -0.348. The molecule has 21 heavy (non-hydrogen) atoms. The standard InChI is InChI=1S/C16H16N2O3/c1-3-12-6-4-5-7-14(12)17-16(19)13-9-8-11(2)15(10-13)18(20)21/h4-10H,3H2,1-2H3,(H,17,19). The molecule has 2 aromatic carbocycles. The Hall–Kier alpha value is -2.69. The van der Waals surface area contributed by atoms with Crippen LogP contribution in [0.2, 0.25) is 0 Å². The molecule has 1 amide bonds. The molecule has 0 aliphatic rings. The first-order valence-corrected chi connectivity index (χ1v) is 6.67. The molecule has 2 aromatic rings. The van der Waals surface area contributed by atoms with Gasteiger partial charge in [0.15, 0.2) is 0 Å². The summed E-state index contributed by atoms with van der Waals surface area (Å²) < 4.78 is 0. The van der Waals surface area contributed by atoms with Crippen LogP contribution in [0.15, 0.2) is 42.5 Å². The molecule has 0 saturated carbocycles. The minimum absolute atomic E-state index is 0.0496. The normalized spacial score (nSPS) is 10.2. The summed E-state index contributed by atoms with van der Waals surface area (Å²) in [4.78, 5) is 22.7. The average molecular weight is 284 g/mol. The number of amides is 1. The molecular weight excluding hydrogens is 268 g/mol. The lowest BCUT2D eigenvalue weighted by atomic mass is 10.1. The molecular formula is C16H16N2O3. The second kappa shape index (κ2) is 6.17. The molecule has 0 bridgehead atoms. The van der Waals surface area contributed by atoms with Crippen LogP contribution in [0, 0.1) is 17.0 Å². The van der Waals surface area contributed by atoms with Gasteiger partial charge in [0.1, 0.15) is 0 Å². The molecule has 2 rings (SSSR count). The van der Waals surface area contributed by atoms with E-state index in [0.717, 1.165) is 17.7 Å². The number of carbonyl (C=O) groups is 1. The molecule has 0 unspecified atom stereocenters. The summed E-state index contributed by atoms with van der Waals surface area (Å²) in [6, 6.07) is 12.0. The number of para-hydroxylation sites is 1. The van der Waals surface area contributed by atoms with E-state index >= 15 is 0 Å². The van der Waals surface area contributed by atoms with Gasteiger partial charge in [-0.1, -0.05) is 31.2 Å². The van der Waals surface area contributed by atoms with E-state index in [-0.39, 0.29) is 17.2 Å². The number of nitro groups is 1. The number of nitrogens with one attached hydrogen (secondary N) is 1. The van der Waals surface area contributed by atoms with Crippen molar-refractivity contribution in [1.29, 1.82) is 0 Å². The highest BCUT2D eigenvalue weighted by molar-refractivity contribution is 6.05. The number of anilines is 1. The van der Waals surface area contributed by atoms with Gasteiger partial charge < -0.3 is 5.32 Å². The van der Waals surface area contributed by atoms with Gasteiger partial charge in [-0.25, -0.2) is 0 Å². The van der Waals surface area contributed by atoms with Gasteiger partial charge in [0.05, 0.1) is 4.92 Å². The Morgan fingerprint density at radius 1 is 1.24 bits per heavy atom. The number of aryl methyl sites for hydroxylation is 2. The van der Waals surface area contributed by atoms with Crippen LogP contribution in [0.5, 0.6) is 0 Å².